The highest BCUT2D eigenvalue weighted by Crippen LogP contribution is 2.08. The van der Waals surface area contributed by atoms with Gasteiger partial charge in [0.05, 0.1) is 23.7 Å². The van der Waals surface area contributed by atoms with Crippen LogP contribution in [0.2, 0.25) is 0 Å². The van der Waals surface area contributed by atoms with Gasteiger partial charge in [0.2, 0.25) is 0 Å². The van der Waals surface area contributed by atoms with Crippen molar-refractivity contribution in [2.45, 2.75) is 6.04 Å². The first-order valence-electron chi connectivity index (χ1n) is 3.74. The van der Waals surface area contributed by atoms with E-state index in [1.165, 1.54) is 0 Å². The first-order chi connectivity index (χ1) is 5.90. The smallest absolute Gasteiger partial charge is 0.167 e. The number of carbonyl (C=O) groups is 1. The zero-order chi connectivity index (χ0) is 8.39. The molecule has 2 aliphatic rings. The molecule has 0 aromatic rings. The van der Waals surface area contributed by atoms with Gasteiger partial charge in [-0.3, -0.25) is 9.79 Å². The lowest BCUT2D eigenvalue weighted by Gasteiger charge is -2.20. The van der Waals surface area contributed by atoms with E-state index in [0.29, 0.717) is 5.70 Å². The average Bonchev–Trinajstić information content (AvgIpc) is 2.17. The van der Waals surface area contributed by atoms with Crippen molar-refractivity contribution in [3.05, 3.63) is 36.2 Å². The fourth-order valence-corrected chi connectivity index (χ4v) is 1.20. The van der Waals surface area contributed by atoms with Gasteiger partial charge in [-0.05, 0) is 6.08 Å². The number of nitrogens with zero attached hydrogens (tertiary/aromatic N) is 1. The van der Waals surface area contributed by atoms with E-state index >= 15 is 0 Å². The molecule has 0 saturated carbocycles. The van der Waals surface area contributed by atoms with Gasteiger partial charge >= 0.3 is 0 Å². The third-order valence-corrected chi connectivity index (χ3v) is 1.80. The van der Waals surface area contributed by atoms with Crippen molar-refractivity contribution in [1.82, 2.24) is 5.32 Å². The highest BCUT2D eigenvalue weighted by molar-refractivity contribution is 6.03. The molecule has 3 heteroatoms. The van der Waals surface area contributed by atoms with Crippen molar-refractivity contribution >= 4 is 12.0 Å². The van der Waals surface area contributed by atoms with E-state index in [-0.39, 0.29) is 6.04 Å². The third-order valence-electron chi connectivity index (χ3n) is 1.80. The van der Waals surface area contributed by atoms with E-state index in [4.69, 9.17) is 0 Å². The molecule has 0 aromatic carbocycles. The Hall–Kier alpha value is -1.64. The highest BCUT2D eigenvalue weighted by atomic mass is 16.1. The Bertz CT molecular complexity index is 323. The lowest BCUT2D eigenvalue weighted by molar-refractivity contribution is -0.105. The number of aliphatic imine (C=N–C) groups is 1. The van der Waals surface area contributed by atoms with Crippen LogP contribution in [0.1, 0.15) is 0 Å². The fraction of sp³-hybridized carbons (Fsp3) is 0.111. The minimum Gasteiger partial charge on any atom is -0.369 e. The molecule has 1 aliphatic carbocycles. The SMILES string of the molecule is O=CC1=CN=C2C=CC=CC2N1. The minimum atomic E-state index is 0.0696. The summed E-state index contributed by atoms with van der Waals surface area (Å²) in [5.41, 5.74) is 1.48. The maximum atomic E-state index is 10.4. The Morgan fingerprint density at radius 3 is 3.25 bits per heavy atom. The summed E-state index contributed by atoms with van der Waals surface area (Å²) in [7, 11) is 0. The van der Waals surface area contributed by atoms with E-state index in [9.17, 15) is 4.79 Å². The van der Waals surface area contributed by atoms with Crippen LogP contribution in [0.4, 0.5) is 0 Å². The monoisotopic (exact) mass is 160 g/mol. The number of hydrogen-bond donors (Lipinski definition) is 1. The topological polar surface area (TPSA) is 41.5 Å². The van der Waals surface area contributed by atoms with E-state index in [1.54, 1.807) is 6.20 Å². The average molecular weight is 160 g/mol. The van der Waals surface area contributed by atoms with Crippen molar-refractivity contribution in [3.8, 4) is 0 Å². The minimum absolute atomic E-state index is 0.0696. The number of carbonyl (C=O) groups excluding carboxylic acids is 1. The molecule has 1 atom stereocenters. The second-order valence-electron chi connectivity index (χ2n) is 2.62. The molecule has 0 spiro atoms. The normalized spacial score (nSPS) is 25.2. The highest BCUT2D eigenvalue weighted by Gasteiger charge is 2.16. The van der Waals surface area contributed by atoms with Crippen LogP contribution >= 0.6 is 0 Å². The Balaban J connectivity index is 2.31. The summed E-state index contributed by atoms with van der Waals surface area (Å²) < 4.78 is 0. The van der Waals surface area contributed by atoms with E-state index in [0.717, 1.165) is 12.0 Å². The van der Waals surface area contributed by atoms with Gasteiger partial charge in [0, 0.05) is 0 Å². The molecular formula is C9H8N2O. The first kappa shape index (κ1) is 7.03. The zero-order valence-electron chi connectivity index (χ0n) is 6.40. The van der Waals surface area contributed by atoms with Crippen LogP contribution in [0.15, 0.2) is 41.2 Å². The van der Waals surface area contributed by atoms with Crippen molar-refractivity contribution < 1.29 is 4.79 Å². The number of hydrogen-bond acceptors (Lipinski definition) is 3. The van der Waals surface area contributed by atoms with Gasteiger partial charge in [0.15, 0.2) is 6.29 Å². The van der Waals surface area contributed by atoms with Gasteiger partial charge in [-0.1, -0.05) is 18.2 Å². The second-order valence-corrected chi connectivity index (χ2v) is 2.62. The number of rotatable bonds is 1. The molecule has 0 bridgehead atoms. The summed E-state index contributed by atoms with van der Waals surface area (Å²) in [6.45, 7) is 0. The molecule has 1 N–H and O–H groups in total. The van der Waals surface area contributed by atoms with Gasteiger partial charge < -0.3 is 5.32 Å². The molecule has 1 aliphatic heterocycles. The van der Waals surface area contributed by atoms with E-state index < -0.39 is 0 Å². The summed E-state index contributed by atoms with van der Waals surface area (Å²) >= 11 is 0. The zero-order valence-corrected chi connectivity index (χ0v) is 6.40. The van der Waals surface area contributed by atoms with Gasteiger partial charge in [0.25, 0.3) is 0 Å². The Labute approximate surface area is 70.2 Å². The van der Waals surface area contributed by atoms with Crippen molar-refractivity contribution in [3.63, 3.8) is 0 Å². The molecule has 3 nitrogen and oxygen atoms in total. The standard InChI is InChI=1S/C9H8N2O/c12-6-7-5-10-8-3-1-2-4-9(8)11-7/h1-6,9,11H. The van der Waals surface area contributed by atoms with Crippen LogP contribution < -0.4 is 5.32 Å². The molecule has 12 heavy (non-hydrogen) atoms. The second kappa shape index (κ2) is 2.77. The molecule has 0 aromatic heterocycles. The summed E-state index contributed by atoms with van der Waals surface area (Å²) in [6.07, 6.45) is 10.1. The van der Waals surface area contributed by atoms with Gasteiger partial charge in [-0.25, -0.2) is 0 Å². The maximum Gasteiger partial charge on any atom is 0.167 e. The molecule has 0 saturated heterocycles. The van der Waals surface area contributed by atoms with Crippen LogP contribution in [0.25, 0.3) is 0 Å². The number of fused-ring (bicyclic) bond motifs is 1. The molecule has 0 radical (unpaired) electrons. The quantitative estimate of drug-likeness (QED) is 0.569. The maximum absolute atomic E-state index is 10.4. The largest absolute Gasteiger partial charge is 0.369 e. The number of allylic oxidation sites excluding steroid dienone is 3. The summed E-state index contributed by atoms with van der Waals surface area (Å²) in [5.74, 6) is 0. The van der Waals surface area contributed by atoms with E-state index in [1.807, 2.05) is 24.3 Å². The molecule has 0 fully saturated rings. The summed E-state index contributed by atoms with van der Waals surface area (Å²) in [5, 5.41) is 3.03. The Kier molecular flexibility index (Phi) is 1.63. The van der Waals surface area contributed by atoms with Crippen LogP contribution in [0.3, 0.4) is 0 Å². The number of aldehydes is 1. The van der Waals surface area contributed by atoms with Crippen molar-refractivity contribution in [2.75, 3.05) is 0 Å². The van der Waals surface area contributed by atoms with E-state index in [2.05, 4.69) is 10.3 Å². The molecule has 2 rings (SSSR count). The summed E-state index contributed by atoms with van der Waals surface area (Å²) in [6, 6.07) is 0.0696. The predicted molar refractivity (Wildman–Crippen MR) is 46.8 cm³/mol. The van der Waals surface area contributed by atoms with Gasteiger partial charge in [0.1, 0.15) is 0 Å². The molecule has 1 heterocycles. The Morgan fingerprint density at radius 2 is 2.42 bits per heavy atom. The van der Waals surface area contributed by atoms with Crippen LogP contribution in [0.5, 0.6) is 0 Å². The van der Waals surface area contributed by atoms with Gasteiger partial charge in [-0.15, -0.1) is 0 Å². The predicted octanol–water partition coefficient (Wildman–Crippen LogP) is 0.565. The third kappa shape index (κ3) is 1.09. The number of nitrogens with one attached hydrogen (secondary N) is 1. The molecular weight excluding hydrogens is 152 g/mol. The van der Waals surface area contributed by atoms with Crippen LogP contribution in [-0.4, -0.2) is 18.0 Å². The lowest BCUT2D eigenvalue weighted by atomic mass is 10.1. The molecule has 60 valence electrons. The molecule has 0 amide bonds. The Morgan fingerprint density at radius 1 is 1.50 bits per heavy atom. The van der Waals surface area contributed by atoms with Crippen molar-refractivity contribution in [1.29, 1.82) is 0 Å². The van der Waals surface area contributed by atoms with Gasteiger partial charge in [-0.2, -0.15) is 0 Å². The van der Waals surface area contributed by atoms with Crippen LogP contribution in [-0.2, 0) is 4.79 Å². The summed E-state index contributed by atoms with van der Waals surface area (Å²) in [4.78, 5) is 14.5. The fourth-order valence-electron chi connectivity index (χ4n) is 1.20. The lowest BCUT2D eigenvalue weighted by Crippen LogP contribution is -2.37. The van der Waals surface area contributed by atoms with Crippen LogP contribution in [0, 0.1) is 0 Å². The molecule has 1 unspecified atom stereocenters. The van der Waals surface area contributed by atoms with Crippen molar-refractivity contribution in [2.24, 2.45) is 4.99 Å². The first-order valence-corrected chi connectivity index (χ1v) is 3.74.